The van der Waals surface area contributed by atoms with E-state index in [2.05, 4.69) is 15.5 Å². The van der Waals surface area contributed by atoms with Gasteiger partial charge in [-0.3, -0.25) is 9.89 Å². The van der Waals surface area contributed by atoms with E-state index in [0.717, 1.165) is 30.7 Å². The maximum absolute atomic E-state index is 13.4. The number of aromatic amines is 1. The van der Waals surface area contributed by atoms with E-state index in [1.54, 1.807) is 0 Å². The number of amides is 1. The van der Waals surface area contributed by atoms with Gasteiger partial charge in [0.1, 0.15) is 5.69 Å². The molecule has 1 aliphatic rings. The van der Waals surface area contributed by atoms with Crippen molar-refractivity contribution in [2.45, 2.75) is 26.2 Å². The third kappa shape index (κ3) is 2.66. The molecule has 4 nitrogen and oxygen atoms in total. The largest absolute Gasteiger partial charge is 0.322 e. The van der Waals surface area contributed by atoms with Crippen molar-refractivity contribution in [3.63, 3.8) is 0 Å². The van der Waals surface area contributed by atoms with E-state index in [4.69, 9.17) is 0 Å². The van der Waals surface area contributed by atoms with Crippen LogP contribution in [0.1, 0.15) is 25.5 Å². The van der Waals surface area contributed by atoms with Crippen molar-refractivity contribution < 1.29 is 13.6 Å². The van der Waals surface area contributed by atoms with Gasteiger partial charge in [0, 0.05) is 11.5 Å². The van der Waals surface area contributed by atoms with Crippen LogP contribution >= 0.6 is 0 Å². The van der Waals surface area contributed by atoms with Gasteiger partial charge in [0.05, 0.1) is 11.4 Å². The van der Waals surface area contributed by atoms with Crippen LogP contribution in [0, 0.1) is 17.6 Å². The fraction of sp³-hybridized carbons (Fsp3) is 0.333. The number of halogens is 2. The molecule has 0 aliphatic heterocycles. The van der Waals surface area contributed by atoms with Crippen molar-refractivity contribution in [1.29, 1.82) is 0 Å². The van der Waals surface area contributed by atoms with Crippen LogP contribution in [0.3, 0.4) is 0 Å². The molecule has 2 N–H and O–H groups in total. The van der Waals surface area contributed by atoms with Gasteiger partial charge in [0.2, 0.25) is 5.91 Å². The molecule has 1 aliphatic carbocycles. The average Bonchev–Trinajstić information content (AvgIpc) is 3.24. The van der Waals surface area contributed by atoms with Crippen LogP contribution in [0.2, 0.25) is 0 Å². The maximum Gasteiger partial charge on any atom is 0.227 e. The van der Waals surface area contributed by atoms with Gasteiger partial charge in [0.25, 0.3) is 0 Å². The predicted molar refractivity (Wildman–Crippen MR) is 74.7 cm³/mol. The zero-order chi connectivity index (χ0) is 15.0. The Hall–Kier alpha value is -2.24. The average molecular weight is 291 g/mol. The lowest BCUT2D eigenvalue weighted by Crippen LogP contribution is -2.14. The number of hydrogen-bond donors (Lipinski definition) is 2. The summed E-state index contributed by atoms with van der Waals surface area (Å²) >= 11 is 0. The highest BCUT2D eigenvalue weighted by Crippen LogP contribution is 2.34. The Labute approximate surface area is 120 Å². The van der Waals surface area contributed by atoms with Crippen molar-refractivity contribution in [1.82, 2.24) is 10.2 Å². The summed E-state index contributed by atoms with van der Waals surface area (Å²) in [6.45, 7) is 1.93. The Kier molecular flexibility index (Phi) is 3.45. The molecule has 1 amide bonds. The molecule has 110 valence electrons. The molecule has 6 heteroatoms. The monoisotopic (exact) mass is 291 g/mol. The molecule has 1 saturated carbocycles. The van der Waals surface area contributed by atoms with Crippen LogP contribution in [0.15, 0.2) is 18.2 Å². The van der Waals surface area contributed by atoms with Gasteiger partial charge >= 0.3 is 0 Å². The Morgan fingerprint density at radius 1 is 1.38 bits per heavy atom. The van der Waals surface area contributed by atoms with E-state index < -0.39 is 11.6 Å². The Balaban J connectivity index is 1.98. The molecule has 21 heavy (non-hydrogen) atoms. The molecule has 2 aromatic rings. The van der Waals surface area contributed by atoms with Crippen molar-refractivity contribution in [2.75, 3.05) is 5.32 Å². The van der Waals surface area contributed by atoms with E-state index in [-0.39, 0.29) is 11.8 Å². The van der Waals surface area contributed by atoms with Gasteiger partial charge in [-0.25, -0.2) is 8.78 Å². The fourth-order valence-electron chi connectivity index (χ4n) is 2.19. The molecule has 0 bridgehead atoms. The fourth-order valence-corrected chi connectivity index (χ4v) is 2.19. The molecule has 1 heterocycles. The highest BCUT2D eigenvalue weighted by molar-refractivity contribution is 5.98. The Morgan fingerprint density at radius 3 is 2.76 bits per heavy atom. The zero-order valence-electron chi connectivity index (χ0n) is 11.5. The number of anilines is 1. The first kappa shape index (κ1) is 13.7. The van der Waals surface area contributed by atoms with Gasteiger partial charge in [-0.2, -0.15) is 5.10 Å². The molecule has 3 rings (SSSR count). The minimum atomic E-state index is -0.937. The highest BCUT2D eigenvalue weighted by atomic mass is 19.2. The Bertz CT molecular complexity index is 692. The minimum absolute atomic E-state index is 0.0464. The first-order valence-electron chi connectivity index (χ1n) is 6.93. The summed E-state index contributed by atoms with van der Waals surface area (Å²) in [7, 11) is 0. The van der Waals surface area contributed by atoms with Crippen LogP contribution in [0.4, 0.5) is 14.5 Å². The summed E-state index contributed by atoms with van der Waals surface area (Å²) in [5.41, 5.74) is 2.18. The van der Waals surface area contributed by atoms with E-state index in [1.165, 1.54) is 6.07 Å². The number of aryl methyl sites for hydroxylation is 1. The maximum atomic E-state index is 13.4. The summed E-state index contributed by atoms with van der Waals surface area (Å²) in [6, 6.07) is 3.58. The lowest BCUT2D eigenvalue weighted by Gasteiger charge is -2.07. The van der Waals surface area contributed by atoms with Gasteiger partial charge in [0.15, 0.2) is 11.6 Å². The summed E-state index contributed by atoms with van der Waals surface area (Å²) in [5.74, 6) is -1.83. The van der Waals surface area contributed by atoms with Gasteiger partial charge in [-0.15, -0.1) is 0 Å². The molecule has 1 aromatic carbocycles. The van der Waals surface area contributed by atoms with Crippen molar-refractivity contribution in [2.24, 2.45) is 5.92 Å². The van der Waals surface area contributed by atoms with Crippen LogP contribution in [0.25, 0.3) is 11.3 Å². The number of rotatable bonds is 4. The summed E-state index contributed by atoms with van der Waals surface area (Å²) in [4.78, 5) is 12.0. The van der Waals surface area contributed by atoms with E-state index in [1.807, 2.05) is 6.92 Å². The molecule has 0 spiro atoms. The number of carbonyl (C=O) groups excluding carboxylic acids is 1. The SMILES string of the molecule is CCc1[nH]nc(-c2ccc(F)c(F)c2)c1NC(=O)C1CC1. The summed E-state index contributed by atoms with van der Waals surface area (Å²) in [5, 5.41) is 9.83. The third-order valence-corrected chi connectivity index (χ3v) is 3.58. The summed E-state index contributed by atoms with van der Waals surface area (Å²) in [6.07, 6.45) is 2.44. The lowest BCUT2D eigenvalue weighted by atomic mass is 10.1. The van der Waals surface area contributed by atoms with Crippen molar-refractivity contribution in [3.8, 4) is 11.3 Å². The molecule has 0 saturated heterocycles. The lowest BCUT2D eigenvalue weighted by molar-refractivity contribution is -0.117. The molecule has 0 radical (unpaired) electrons. The van der Waals surface area contributed by atoms with Crippen molar-refractivity contribution >= 4 is 11.6 Å². The first-order chi connectivity index (χ1) is 10.1. The second-order valence-corrected chi connectivity index (χ2v) is 5.17. The van der Waals surface area contributed by atoms with Crippen LogP contribution in [-0.2, 0) is 11.2 Å². The number of nitrogens with zero attached hydrogens (tertiary/aromatic N) is 1. The van der Waals surface area contributed by atoms with E-state index in [9.17, 15) is 13.6 Å². The van der Waals surface area contributed by atoms with E-state index in [0.29, 0.717) is 23.4 Å². The molecular weight excluding hydrogens is 276 g/mol. The standard InChI is InChI=1S/C15H15F2N3O/c1-2-12-14(18-15(21)8-3-4-8)13(20-19-12)9-5-6-10(16)11(17)7-9/h5-8H,2-4H2,1H3,(H,18,21)(H,19,20). The zero-order valence-corrected chi connectivity index (χ0v) is 11.5. The van der Waals surface area contributed by atoms with Crippen LogP contribution < -0.4 is 5.32 Å². The number of H-pyrrole nitrogens is 1. The predicted octanol–water partition coefficient (Wildman–Crippen LogP) is 3.27. The van der Waals surface area contributed by atoms with Crippen molar-refractivity contribution in [3.05, 3.63) is 35.5 Å². The normalized spacial score (nSPS) is 14.2. The molecule has 0 unspecified atom stereocenters. The highest BCUT2D eigenvalue weighted by Gasteiger charge is 2.31. The van der Waals surface area contributed by atoms with Gasteiger partial charge in [-0.1, -0.05) is 6.92 Å². The van der Waals surface area contributed by atoms with Gasteiger partial charge < -0.3 is 5.32 Å². The Morgan fingerprint density at radius 2 is 2.14 bits per heavy atom. The minimum Gasteiger partial charge on any atom is -0.322 e. The number of carbonyl (C=O) groups is 1. The first-order valence-corrected chi connectivity index (χ1v) is 6.93. The summed E-state index contributed by atoms with van der Waals surface area (Å²) < 4.78 is 26.4. The molecule has 0 atom stereocenters. The smallest absolute Gasteiger partial charge is 0.227 e. The molecular formula is C15H15F2N3O. The number of hydrogen-bond acceptors (Lipinski definition) is 2. The number of benzene rings is 1. The quantitative estimate of drug-likeness (QED) is 0.908. The number of nitrogens with one attached hydrogen (secondary N) is 2. The second kappa shape index (κ2) is 5.27. The van der Waals surface area contributed by atoms with Crippen LogP contribution in [0.5, 0.6) is 0 Å². The van der Waals surface area contributed by atoms with Crippen LogP contribution in [-0.4, -0.2) is 16.1 Å². The van der Waals surface area contributed by atoms with Gasteiger partial charge in [-0.05, 0) is 37.5 Å². The third-order valence-electron chi connectivity index (χ3n) is 3.58. The molecule has 1 aromatic heterocycles. The number of aromatic nitrogens is 2. The topological polar surface area (TPSA) is 57.8 Å². The van der Waals surface area contributed by atoms with E-state index >= 15 is 0 Å². The second-order valence-electron chi connectivity index (χ2n) is 5.17. The molecule has 1 fully saturated rings.